The molecule has 0 amide bonds. The largest absolute Gasteiger partial charge is 0.303 e. The van der Waals surface area contributed by atoms with Crippen LogP contribution in [0.1, 0.15) is 32.1 Å². The van der Waals surface area contributed by atoms with Crippen molar-refractivity contribution in [3.8, 4) is 0 Å². The highest BCUT2D eigenvalue weighted by Gasteiger charge is 2.45. The molecule has 12 heavy (non-hydrogen) atoms. The van der Waals surface area contributed by atoms with Crippen molar-refractivity contribution in [3.05, 3.63) is 11.1 Å². The quantitative estimate of drug-likeness (QED) is 0.427. The smallest absolute Gasteiger partial charge is 0.127 e. The number of fused-ring (bicyclic) bond motifs is 4. The molecule has 0 aromatic rings. The maximum Gasteiger partial charge on any atom is 0.127 e. The van der Waals surface area contributed by atoms with Crippen LogP contribution in [0.5, 0.6) is 0 Å². The SMILES string of the molecule is O=CC1CCC2C1=C1CCC2C1. The lowest BCUT2D eigenvalue weighted by atomic mass is 9.87. The molecule has 0 aromatic carbocycles. The number of carbonyl (C=O) groups excluding carboxylic acids is 1. The Morgan fingerprint density at radius 2 is 2.17 bits per heavy atom. The molecular weight excluding hydrogens is 148 g/mol. The highest BCUT2D eigenvalue weighted by Crippen LogP contribution is 2.56. The third kappa shape index (κ3) is 0.675. The molecule has 0 saturated heterocycles. The van der Waals surface area contributed by atoms with Gasteiger partial charge in [0.1, 0.15) is 6.29 Å². The summed E-state index contributed by atoms with van der Waals surface area (Å²) in [6, 6.07) is 0. The van der Waals surface area contributed by atoms with Crippen LogP contribution in [0.3, 0.4) is 0 Å². The molecular formula is C11H14O. The zero-order valence-electron chi connectivity index (χ0n) is 7.25. The summed E-state index contributed by atoms with van der Waals surface area (Å²) in [7, 11) is 0. The number of allylic oxidation sites excluding steroid dienone is 2. The lowest BCUT2D eigenvalue weighted by Gasteiger charge is -2.18. The van der Waals surface area contributed by atoms with Crippen LogP contribution in [-0.4, -0.2) is 6.29 Å². The summed E-state index contributed by atoms with van der Waals surface area (Å²) >= 11 is 0. The molecule has 2 bridgehead atoms. The molecule has 0 heterocycles. The van der Waals surface area contributed by atoms with E-state index in [0.717, 1.165) is 18.3 Å². The van der Waals surface area contributed by atoms with E-state index < -0.39 is 0 Å². The Morgan fingerprint density at radius 3 is 3.00 bits per heavy atom. The van der Waals surface area contributed by atoms with E-state index in [1.807, 2.05) is 0 Å². The standard InChI is InChI=1S/C11H14O/c12-6-9-3-4-10-7-1-2-8(5-7)11(9)10/h6-7,9-10H,1-5H2. The van der Waals surface area contributed by atoms with Gasteiger partial charge in [-0.25, -0.2) is 0 Å². The van der Waals surface area contributed by atoms with Gasteiger partial charge in [-0.05, 0) is 43.9 Å². The second-order valence-electron chi connectivity index (χ2n) is 4.49. The van der Waals surface area contributed by atoms with Crippen LogP contribution in [0, 0.1) is 17.8 Å². The molecule has 0 spiro atoms. The first-order chi connectivity index (χ1) is 5.90. The Balaban J connectivity index is 2.04. The van der Waals surface area contributed by atoms with Gasteiger partial charge in [0.25, 0.3) is 0 Å². The van der Waals surface area contributed by atoms with Crippen molar-refractivity contribution in [1.82, 2.24) is 0 Å². The van der Waals surface area contributed by atoms with Crippen molar-refractivity contribution in [2.45, 2.75) is 32.1 Å². The summed E-state index contributed by atoms with van der Waals surface area (Å²) in [4.78, 5) is 10.8. The van der Waals surface area contributed by atoms with Crippen LogP contribution in [-0.2, 0) is 4.79 Å². The van der Waals surface area contributed by atoms with Crippen molar-refractivity contribution < 1.29 is 4.79 Å². The van der Waals surface area contributed by atoms with Crippen molar-refractivity contribution in [2.75, 3.05) is 0 Å². The average molecular weight is 162 g/mol. The van der Waals surface area contributed by atoms with Gasteiger partial charge in [-0.15, -0.1) is 0 Å². The Morgan fingerprint density at radius 1 is 1.25 bits per heavy atom. The lowest BCUT2D eigenvalue weighted by molar-refractivity contribution is -0.110. The van der Waals surface area contributed by atoms with Crippen LogP contribution in [0.15, 0.2) is 11.1 Å². The van der Waals surface area contributed by atoms with Crippen LogP contribution < -0.4 is 0 Å². The topological polar surface area (TPSA) is 17.1 Å². The van der Waals surface area contributed by atoms with Crippen LogP contribution in [0.4, 0.5) is 0 Å². The molecule has 2 saturated carbocycles. The molecule has 2 fully saturated rings. The van der Waals surface area contributed by atoms with E-state index in [1.165, 1.54) is 32.0 Å². The van der Waals surface area contributed by atoms with Gasteiger partial charge in [-0.2, -0.15) is 0 Å². The number of hydrogen-bond donors (Lipinski definition) is 0. The minimum absolute atomic E-state index is 0.329. The Labute approximate surface area is 72.8 Å². The molecule has 3 rings (SSSR count). The van der Waals surface area contributed by atoms with Gasteiger partial charge in [0, 0.05) is 5.92 Å². The van der Waals surface area contributed by atoms with Gasteiger partial charge in [0.15, 0.2) is 0 Å². The fourth-order valence-corrected chi connectivity index (χ4v) is 3.59. The highest BCUT2D eigenvalue weighted by atomic mass is 16.1. The summed E-state index contributed by atoms with van der Waals surface area (Å²) in [5.41, 5.74) is 3.25. The summed E-state index contributed by atoms with van der Waals surface area (Å²) in [5.74, 6) is 2.11. The third-order valence-electron chi connectivity index (χ3n) is 4.05. The van der Waals surface area contributed by atoms with Crippen molar-refractivity contribution >= 4 is 6.29 Å². The molecule has 1 nitrogen and oxygen atoms in total. The van der Waals surface area contributed by atoms with E-state index >= 15 is 0 Å². The second kappa shape index (κ2) is 2.21. The van der Waals surface area contributed by atoms with E-state index in [2.05, 4.69) is 0 Å². The third-order valence-corrected chi connectivity index (χ3v) is 4.05. The lowest BCUT2D eigenvalue weighted by Crippen LogP contribution is -2.09. The maximum absolute atomic E-state index is 10.8. The molecule has 3 aliphatic rings. The molecule has 3 aliphatic carbocycles. The summed E-state index contributed by atoms with van der Waals surface area (Å²) < 4.78 is 0. The zero-order chi connectivity index (χ0) is 8.13. The fraction of sp³-hybridized carbons (Fsp3) is 0.727. The molecule has 0 N–H and O–H groups in total. The first-order valence-electron chi connectivity index (χ1n) is 5.07. The Bertz CT molecular complexity index is 264. The molecule has 0 radical (unpaired) electrons. The van der Waals surface area contributed by atoms with E-state index in [-0.39, 0.29) is 0 Å². The predicted octanol–water partition coefficient (Wildman–Crippen LogP) is 2.32. The highest BCUT2D eigenvalue weighted by molar-refractivity contribution is 5.62. The number of aldehydes is 1. The molecule has 3 atom stereocenters. The van der Waals surface area contributed by atoms with Gasteiger partial charge < -0.3 is 4.79 Å². The number of rotatable bonds is 1. The summed E-state index contributed by atoms with van der Waals surface area (Å²) in [6.45, 7) is 0. The van der Waals surface area contributed by atoms with Crippen molar-refractivity contribution in [3.63, 3.8) is 0 Å². The summed E-state index contributed by atoms with van der Waals surface area (Å²) in [5, 5.41) is 0. The zero-order valence-corrected chi connectivity index (χ0v) is 7.25. The first kappa shape index (κ1) is 6.88. The Kier molecular flexibility index (Phi) is 1.27. The normalized spacial score (nSPS) is 43.8. The van der Waals surface area contributed by atoms with Gasteiger partial charge in [-0.1, -0.05) is 11.1 Å². The van der Waals surface area contributed by atoms with Gasteiger partial charge >= 0.3 is 0 Å². The molecule has 64 valence electrons. The molecule has 3 unspecified atom stereocenters. The fourth-order valence-electron chi connectivity index (χ4n) is 3.59. The number of hydrogen-bond acceptors (Lipinski definition) is 1. The minimum atomic E-state index is 0.329. The van der Waals surface area contributed by atoms with E-state index in [0.29, 0.717) is 5.92 Å². The van der Waals surface area contributed by atoms with Crippen molar-refractivity contribution in [2.24, 2.45) is 17.8 Å². The minimum Gasteiger partial charge on any atom is -0.303 e. The second-order valence-corrected chi connectivity index (χ2v) is 4.49. The molecule has 0 aromatic heterocycles. The predicted molar refractivity (Wildman–Crippen MR) is 46.6 cm³/mol. The Hall–Kier alpha value is -0.590. The van der Waals surface area contributed by atoms with Crippen molar-refractivity contribution in [1.29, 1.82) is 0 Å². The van der Waals surface area contributed by atoms with Gasteiger partial charge in [0.2, 0.25) is 0 Å². The molecule has 1 heteroatoms. The van der Waals surface area contributed by atoms with E-state index in [9.17, 15) is 4.79 Å². The van der Waals surface area contributed by atoms with Crippen LogP contribution >= 0.6 is 0 Å². The van der Waals surface area contributed by atoms with E-state index in [1.54, 1.807) is 11.1 Å². The van der Waals surface area contributed by atoms with Crippen LogP contribution in [0.2, 0.25) is 0 Å². The van der Waals surface area contributed by atoms with Gasteiger partial charge in [-0.3, -0.25) is 0 Å². The summed E-state index contributed by atoms with van der Waals surface area (Å²) in [6.07, 6.45) is 7.68. The van der Waals surface area contributed by atoms with Gasteiger partial charge in [0.05, 0.1) is 0 Å². The first-order valence-corrected chi connectivity index (χ1v) is 5.07. The molecule has 0 aliphatic heterocycles. The van der Waals surface area contributed by atoms with E-state index in [4.69, 9.17) is 0 Å². The number of carbonyl (C=O) groups is 1. The van der Waals surface area contributed by atoms with Crippen LogP contribution in [0.25, 0.3) is 0 Å². The monoisotopic (exact) mass is 162 g/mol. The average Bonchev–Trinajstić information content (AvgIpc) is 2.76. The maximum atomic E-state index is 10.8.